The van der Waals surface area contributed by atoms with Crippen LogP contribution >= 0.6 is 0 Å². The molecule has 1 rings (SSSR count). The molecular formula is C9H19N. The third-order valence-corrected chi connectivity index (χ3v) is 3.13. The number of rotatable bonds is 3. The highest BCUT2D eigenvalue weighted by molar-refractivity contribution is 4.97. The van der Waals surface area contributed by atoms with E-state index in [-0.39, 0.29) is 5.54 Å². The second kappa shape index (κ2) is 2.54. The van der Waals surface area contributed by atoms with Gasteiger partial charge in [-0.3, -0.25) is 0 Å². The molecule has 0 amide bonds. The molecule has 0 spiro atoms. The molecule has 1 saturated carbocycles. The van der Waals surface area contributed by atoms with Crippen molar-refractivity contribution in [3.8, 4) is 0 Å². The first-order valence-corrected chi connectivity index (χ1v) is 4.38. The lowest BCUT2D eigenvalue weighted by Crippen LogP contribution is -2.44. The molecule has 0 heterocycles. The first-order chi connectivity index (χ1) is 4.59. The van der Waals surface area contributed by atoms with Gasteiger partial charge in [-0.05, 0) is 31.6 Å². The summed E-state index contributed by atoms with van der Waals surface area (Å²) >= 11 is 0. The second-order valence-corrected chi connectivity index (χ2v) is 3.95. The highest BCUT2D eigenvalue weighted by Crippen LogP contribution is 2.42. The first kappa shape index (κ1) is 8.06. The molecule has 1 aliphatic carbocycles. The van der Waals surface area contributed by atoms with Gasteiger partial charge in [-0.2, -0.15) is 0 Å². The van der Waals surface area contributed by atoms with Crippen molar-refractivity contribution in [1.82, 2.24) is 0 Å². The van der Waals surface area contributed by atoms with Gasteiger partial charge in [-0.1, -0.05) is 20.3 Å². The van der Waals surface area contributed by atoms with Crippen LogP contribution in [-0.2, 0) is 0 Å². The van der Waals surface area contributed by atoms with E-state index in [0.717, 1.165) is 5.92 Å². The van der Waals surface area contributed by atoms with Gasteiger partial charge >= 0.3 is 0 Å². The molecule has 60 valence electrons. The fraction of sp³-hybridized carbons (Fsp3) is 1.00. The predicted octanol–water partition coefficient (Wildman–Crippen LogP) is 2.16. The standard InChI is InChI=1S/C9H19N/c1-4-7(2)9(3,10)8-5-6-8/h7-8H,4-6,10H2,1-3H3. The van der Waals surface area contributed by atoms with E-state index in [1.54, 1.807) is 0 Å². The average Bonchev–Trinajstić information content (AvgIpc) is 2.66. The molecule has 1 heteroatoms. The lowest BCUT2D eigenvalue weighted by molar-refractivity contribution is 0.271. The maximum absolute atomic E-state index is 6.18. The van der Waals surface area contributed by atoms with Crippen LogP contribution in [0.25, 0.3) is 0 Å². The molecule has 1 aliphatic rings. The fourth-order valence-electron chi connectivity index (χ4n) is 1.55. The molecular weight excluding hydrogens is 122 g/mol. The topological polar surface area (TPSA) is 26.0 Å². The van der Waals surface area contributed by atoms with Gasteiger partial charge in [0.2, 0.25) is 0 Å². The monoisotopic (exact) mass is 141 g/mol. The Hall–Kier alpha value is -0.0400. The van der Waals surface area contributed by atoms with E-state index in [2.05, 4.69) is 20.8 Å². The van der Waals surface area contributed by atoms with E-state index >= 15 is 0 Å². The molecule has 0 aromatic heterocycles. The Labute approximate surface area is 64.0 Å². The van der Waals surface area contributed by atoms with Crippen molar-refractivity contribution in [2.24, 2.45) is 17.6 Å². The Bertz CT molecular complexity index is 114. The van der Waals surface area contributed by atoms with Gasteiger partial charge in [0.15, 0.2) is 0 Å². The van der Waals surface area contributed by atoms with E-state index in [4.69, 9.17) is 5.73 Å². The maximum atomic E-state index is 6.18. The normalized spacial score (nSPS) is 27.6. The minimum Gasteiger partial charge on any atom is -0.325 e. The summed E-state index contributed by atoms with van der Waals surface area (Å²) in [4.78, 5) is 0. The van der Waals surface area contributed by atoms with Crippen LogP contribution in [0.3, 0.4) is 0 Å². The summed E-state index contributed by atoms with van der Waals surface area (Å²) < 4.78 is 0. The lowest BCUT2D eigenvalue weighted by Gasteiger charge is -2.31. The van der Waals surface area contributed by atoms with E-state index in [1.165, 1.54) is 19.3 Å². The highest BCUT2D eigenvalue weighted by Gasteiger charge is 2.41. The summed E-state index contributed by atoms with van der Waals surface area (Å²) in [6.07, 6.45) is 3.93. The molecule has 0 aliphatic heterocycles. The van der Waals surface area contributed by atoms with Crippen molar-refractivity contribution in [3.63, 3.8) is 0 Å². The van der Waals surface area contributed by atoms with Gasteiger partial charge in [0.05, 0.1) is 0 Å². The van der Waals surface area contributed by atoms with Gasteiger partial charge < -0.3 is 5.73 Å². The van der Waals surface area contributed by atoms with Crippen LogP contribution in [0.1, 0.15) is 40.0 Å². The second-order valence-electron chi connectivity index (χ2n) is 3.95. The summed E-state index contributed by atoms with van der Waals surface area (Å²) in [6.45, 7) is 6.69. The molecule has 1 fully saturated rings. The summed E-state index contributed by atoms with van der Waals surface area (Å²) in [5.41, 5.74) is 6.30. The Kier molecular flexibility index (Phi) is 2.04. The van der Waals surface area contributed by atoms with Crippen molar-refractivity contribution in [2.45, 2.75) is 45.6 Å². The Morgan fingerprint density at radius 2 is 2.10 bits per heavy atom. The molecule has 2 unspecified atom stereocenters. The number of hydrogen-bond donors (Lipinski definition) is 1. The zero-order valence-electron chi connectivity index (χ0n) is 7.35. The van der Waals surface area contributed by atoms with Crippen LogP contribution in [0.4, 0.5) is 0 Å². The summed E-state index contributed by atoms with van der Waals surface area (Å²) in [5, 5.41) is 0. The smallest absolute Gasteiger partial charge is 0.0180 e. The Balaban J connectivity index is 2.47. The minimum atomic E-state index is 0.120. The molecule has 0 saturated heterocycles. The molecule has 1 nitrogen and oxygen atoms in total. The minimum absolute atomic E-state index is 0.120. The Morgan fingerprint density at radius 1 is 1.60 bits per heavy atom. The van der Waals surface area contributed by atoms with Crippen LogP contribution in [0, 0.1) is 11.8 Å². The quantitative estimate of drug-likeness (QED) is 0.640. The zero-order valence-corrected chi connectivity index (χ0v) is 7.35. The van der Waals surface area contributed by atoms with Crippen LogP contribution in [0.2, 0.25) is 0 Å². The first-order valence-electron chi connectivity index (χ1n) is 4.38. The molecule has 10 heavy (non-hydrogen) atoms. The van der Waals surface area contributed by atoms with Gasteiger partial charge in [-0.15, -0.1) is 0 Å². The Morgan fingerprint density at radius 3 is 2.40 bits per heavy atom. The summed E-state index contributed by atoms with van der Waals surface area (Å²) in [5.74, 6) is 1.50. The highest BCUT2D eigenvalue weighted by atomic mass is 14.8. The van der Waals surface area contributed by atoms with Crippen molar-refractivity contribution >= 4 is 0 Å². The van der Waals surface area contributed by atoms with Crippen molar-refractivity contribution < 1.29 is 0 Å². The molecule has 2 N–H and O–H groups in total. The zero-order chi connectivity index (χ0) is 7.78. The van der Waals surface area contributed by atoms with Gasteiger partial charge in [0.25, 0.3) is 0 Å². The number of hydrogen-bond acceptors (Lipinski definition) is 1. The van der Waals surface area contributed by atoms with Crippen LogP contribution in [0.15, 0.2) is 0 Å². The van der Waals surface area contributed by atoms with Gasteiger partial charge in [-0.25, -0.2) is 0 Å². The fourth-order valence-corrected chi connectivity index (χ4v) is 1.55. The van der Waals surface area contributed by atoms with Gasteiger partial charge in [0, 0.05) is 5.54 Å². The molecule has 0 bridgehead atoms. The van der Waals surface area contributed by atoms with Crippen LogP contribution in [0.5, 0.6) is 0 Å². The SMILES string of the molecule is CCC(C)C(C)(N)C1CC1. The summed E-state index contributed by atoms with van der Waals surface area (Å²) in [7, 11) is 0. The van der Waals surface area contributed by atoms with E-state index < -0.39 is 0 Å². The largest absolute Gasteiger partial charge is 0.325 e. The third kappa shape index (κ3) is 1.34. The number of nitrogens with two attached hydrogens (primary N) is 1. The third-order valence-electron chi connectivity index (χ3n) is 3.13. The van der Waals surface area contributed by atoms with Crippen LogP contribution in [-0.4, -0.2) is 5.54 Å². The van der Waals surface area contributed by atoms with Gasteiger partial charge in [0.1, 0.15) is 0 Å². The molecule has 0 aromatic rings. The predicted molar refractivity (Wildman–Crippen MR) is 44.8 cm³/mol. The maximum Gasteiger partial charge on any atom is 0.0180 e. The summed E-state index contributed by atoms with van der Waals surface area (Å²) in [6, 6.07) is 0. The average molecular weight is 141 g/mol. The van der Waals surface area contributed by atoms with Crippen molar-refractivity contribution in [2.75, 3.05) is 0 Å². The molecule has 0 radical (unpaired) electrons. The van der Waals surface area contributed by atoms with E-state index in [0.29, 0.717) is 5.92 Å². The van der Waals surface area contributed by atoms with Crippen molar-refractivity contribution in [3.05, 3.63) is 0 Å². The van der Waals surface area contributed by atoms with E-state index in [9.17, 15) is 0 Å². The lowest BCUT2D eigenvalue weighted by atomic mass is 9.82. The van der Waals surface area contributed by atoms with Crippen molar-refractivity contribution in [1.29, 1.82) is 0 Å². The molecule has 2 atom stereocenters. The van der Waals surface area contributed by atoms with E-state index in [1.807, 2.05) is 0 Å². The molecule has 0 aromatic carbocycles. The van der Waals surface area contributed by atoms with Crippen LogP contribution < -0.4 is 5.73 Å².